The molecule has 0 bridgehead atoms. The highest BCUT2D eigenvalue weighted by Crippen LogP contribution is 2.27. The molecule has 1 atom stereocenters. The van der Waals surface area contributed by atoms with Gasteiger partial charge < -0.3 is 10.2 Å². The van der Waals surface area contributed by atoms with E-state index in [0.717, 1.165) is 15.4 Å². The molecular weight excluding hydrogens is 542 g/mol. The molecule has 0 heterocycles. The number of carbonyl (C=O) groups is 2. The van der Waals surface area contributed by atoms with Gasteiger partial charge in [0.15, 0.2) is 0 Å². The van der Waals surface area contributed by atoms with Crippen LogP contribution in [0.2, 0.25) is 0 Å². The maximum atomic E-state index is 13.8. The van der Waals surface area contributed by atoms with E-state index in [0.29, 0.717) is 16.6 Å². The predicted octanol–water partition coefficient (Wildman–Crippen LogP) is 4.51. The van der Waals surface area contributed by atoms with E-state index in [1.165, 1.54) is 24.1 Å². The lowest BCUT2D eigenvalue weighted by molar-refractivity contribution is -0.140. The molecule has 7 nitrogen and oxygen atoms in total. The summed E-state index contributed by atoms with van der Waals surface area (Å²) < 4.78 is 29.2. The summed E-state index contributed by atoms with van der Waals surface area (Å²) in [4.78, 5) is 28.1. The fraction of sp³-hybridized carbons (Fsp3) is 0.259. The highest BCUT2D eigenvalue weighted by Gasteiger charge is 2.33. The smallest absolute Gasteiger partial charge is 0.264 e. The largest absolute Gasteiger partial charge is 0.357 e. The highest BCUT2D eigenvalue weighted by atomic mass is 79.9. The van der Waals surface area contributed by atoms with Crippen LogP contribution in [0.15, 0.2) is 88.2 Å². The Morgan fingerprint density at radius 2 is 1.67 bits per heavy atom. The zero-order valence-corrected chi connectivity index (χ0v) is 22.9. The first kappa shape index (κ1) is 27.4. The molecule has 1 N–H and O–H groups in total. The number of hydrogen-bond donors (Lipinski definition) is 1. The summed E-state index contributed by atoms with van der Waals surface area (Å²) >= 11 is 3.39. The number of benzene rings is 3. The topological polar surface area (TPSA) is 86.8 Å². The molecule has 3 aromatic rings. The van der Waals surface area contributed by atoms with Crippen molar-refractivity contribution in [3.63, 3.8) is 0 Å². The van der Waals surface area contributed by atoms with E-state index < -0.39 is 28.5 Å². The molecule has 0 aliphatic heterocycles. The molecule has 0 aliphatic carbocycles. The van der Waals surface area contributed by atoms with Crippen molar-refractivity contribution in [2.45, 2.75) is 37.8 Å². The van der Waals surface area contributed by atoms with Crippen molar-refractivity contribution in [3.8, 4) is 0 Å². The lowest BCUT2D eigenvalue weighted by Gasteiger charge is -2.33. The third-order valence-electron chi connectivity index (χ3n) is 5.77. The maximum Gasteiger partial charge on any atom is 0.264 e. The van der Waals surface area contributed by atoms with Crippen LogP contribution < -0.4 is 9.62 Å². The maximum absolute atomic E-state index is 13.8. The number of anilines is 1. The lowest BCUT2D eigenvalue weighted by Crippen LogP contribution is -2.51. The summed E-state index contributed by atoms with van der Waals surface area (Å²) in [6, 6.07) is 21.7. The molecule has 36 heavy (non-hydrogen) atoms. The summed E-state index contributed by atoms with van der Waals surface area (Å²) in [5, 5.41) is 2.63. The molecule has 3 aromatic carbocycles. The minimum atomic E-state index is -4.07. The molecule has 190 valence electrons. The van der Waals surface area contributed by atoms with Gasteiger partial charge in [-0.2, -0.15) is 0 Å². The third-order valence-corrected chi connectivity index (χ3v) is 8.06. The Morgan fingerprint density at radius 3 is 2.28 bits per heavy atom. The van der Waals surface area contributed by atoms with E-state index in [2.05, 4.69) is 21.2 Å². The van der Waals surface area contributed by atoms with Crippen LogP contribution >= 0.6 is 15.9 Å². The standard InChI is InChI=1S/C27H30BrN3O4S/c1-4-25(27(33)29-3)30(18-21-11-8-10-20(2)16-21)26(32)19-31(23-13-9-12-22(28)17-23)36(34,35)24-14-6-5-7-15-24/h5-17,25H,4,18-19H2,1-3H3,(H,29,33)/t25-/m1/s1. The van der Waals surface area contributed by atoms with Crippen LogP contribution in [-0.4, -0.2) is 44.8 Å². The van der Waals surface area contributed by atoms with Crippen molar-refractivity contribution in [3.05, 3.63) is 94.5 Å². The number of amides is 2. The Bertz CT molecular complexity index is 1320. The van der Waals surface area contributed by atoms with Gasteiger partial charge in [-0.05, 0) is 49.2 Å². The summed E-state index contributed by atoms with van der Waals surface area (Å²) in [6.07, 6.45) is 0.375. The Labute approximate surface area is 221 Å². The molecule has 0 spiro atoms. The first-order valence-electron chi connectivity index (χ1n) is 11.6. The van der Waals surface area contributed by atoms with E-state index in [-0.39, 0.29) is 17.3 Å². The zero-order valence-electron chi connectivity index (χ0n) is 20.5. The van der Waals surface area contributed by atoms with Crippen LogP contribution in [0, 0.1) is 6.92 Å². The molecule has 0 aliphatic rings. The van der Waals surface area contributed by atoms with Crippen LogP contribution in [0.4, 0.5) is 5.69 Å². The molecule has 2 amide bonds. The summed E-state index contributed by atoms with van der Waals surface area (Å²) in [7, 11) is -2.55. The van der Waals surface area contributed by atoms with Gasteiger partial charge in [-0.15, -0.1) is 0 Å². The number of halogens is 1. The average molecular weight is 573 g/mol. The number of rotatable bonds is 10. The quantitative estimate of drug-likeness (QED) is 0.388. The number of likely N-dealkylation sites (N-methyl/N-ethyl adjacent to an activating group) is 1. The Kier molecular flexibility index (Phi) is 9.28. The van der Waals surface area contributed by atoms with Crippen molar-refractivity contribution in [2.75, 3.05) is 17.9 Å². The molecule has 0 saturated heterocycles. The number of hydrogen-bond acceptors (Lipinski definition) is 4. The van der Waals surface area contributed by atoms with Gasteiger partial charge in [0, 0.05) is 18.1 Å². The number of sulfonamides is 1. The number of nitrogens with zero attached hydrogens (tertiary/aromatic N) is 2. The molecular formula is C27H30BrN3O4S. The van der Waals surface area contributed by atoms with E-state index in [9.17, 15) is 18.0 Å². The lowest BCUT2D eigenvalue weighted by atomic mass is 10.1. The zero-order chi connectivity index (χ0) is 26.3. The van der Waals surface area contributed by atoms with Crippen LogP contribution in [0.1, 0.15) is 24.5 Å². The van der Waals surface area contributed by atoms with Crippen molar-refractivity contribution < 1.29 is 18.0 Å². The molecule has 3 rings (SSSR count). The summed E-state index contributed by atoms with van der Waals surface area (Å²) in [5.41, 5.74) is 2.21. The molecule has 0 unspecified atom stereocenters. The minimum Gasteiger partial charge on any atom is -0.357 e. The number of carbonyl (C=O) groups excluding carboxylic acids is 2. The van der Waals surface area contributed by atoms with Crippen molar-refractivity contribution >= 4 is 43.5 Å². The van der Waals surface area contributed by atoms with Crippen LogP contribution in [-0.2, 0) is 26.2 Å². The second kappa shape index (κ2) is 12.2. The molecule has 9 heteroatoms. The monoisotopic (exact) mass is 571 g/mol. The SMILES string of the molecule is CC[C@H](C(=O)NC)N(Cc1cccc(C)c1)C(=O)CN(c1cccc(Br)c1)S(=O)(=O)c1ccccc1. The summed E-state index contributed by atoms with van der Waals surface area (Å²) in [6.45, 7) is 3.48. The first-order valence-corrected chi connectivity index (χ1v) is 13.8. The Morgan fingerprint density at radius 1 is 0.972 bits per heavy atom. The van der Waals surface area contributed by atoms with Gasteiger partial charge in [0.25, 0.3) is 10.0 Å². The van der Waals surface area contributed by atoms with E-state index >= 15 is 0 Å². The Hall–Kier alpha value is -3.17. The van der Waals surface area contributed by atoms with E-state index in [1.807, 2.05) is 38.1 Å². The second-order valence-electron chi connectivity index (χ2n) is 8.35. The normalized spacial score (nSPS) is 12.0. The fourth-order valence-corrected chi connectivity index (χ4v) is 5.79. The summed E-state index contributed by atoms with van der Waals surface area (Å²) in [5.74, 6) is -0.787. The number of aryl methyl sites for hydroxylation is 1. The first-order chi connectivity index (χ1) is 17.2. The van der Waals surface area contributed by atoms with Crippen LogP contribution in [0.5, 0.6) is 0 Å². The van der Waals surface area contributed by atoms with Gasteiger partial charge in [-0.3, -0.25) is 13.9 Å². The van der Waals surface area contributed by atoms with Crippen LogP contribution in [0.25, 0.3) is 0 Å². The fourth-order valence-electron chi connectivity index (χ4n) is 3.97. The molecule has 0 saturated carbocycles. The van der Waals surface area contributed by atoms with Gasteiger partial charge in [0.05, 0.1) is 10.6 Å². The van der Waals surface area contributed by atoms with Gasteiger partial charge in [-0.1, -0.05) is 76.9 Å². The minimum absolute atomic E-state index is 0.0707. The van der Waals surface area contributed by atoms with Gasteiger partial charge in [-0.25, -0.2) is 8.42 Å². The van der Waals surface area contributed by atoms with Gasteiger partial charge in [0.1, 0.15) is 12.6 Å². The molecule has 0 fully saturated rings. The highest BCUT2D eigenvalue weighted by molar-refractivity contribution is 9.10. The van der Waals surface area contributed by atoms with E-state index in [1.54, 1.807) is 42.5 Å². The van der Waals surface area contributed by atoms with Crippen LogP contribution in [0.3, 0.4) is 0 Å². The van der Waals surface area contributed by atoms with Crippen molar-refractivity contribution in [1.29, 1.82) is 0 Å². The van der Waals surface area contributed by atoms with Gasteiger partial charge in [0.2, 0.25) is 11.8 Å². The average Bonchev–Trinajstić information content (AvgIpc) is 2.87. The third kappa shape index (κ3) is 6.53. The van der Waals surface area contributed by atoms with Crippen molar-refractivity contribution in [1.82, 2.24) is 10.2 Å². The van der Waals surface area contributed by atoms with Crippen molar-refractivity contribution in [2.24, 2.45) is 0 Å². The Balaban J connectivity index is 2.05. The van der Waals surface area contributed by atoms with E-state index in [4.69, 9.17) is 0 Å². The number of nitrogens with one attached hydrogen (secondary N) is 1. The predicted molar refractivity (Wildman–Crippen MR) is 145 cm³/mol. The van der Waals surface area contributed by atoms with Gasteiger partial charge >= 0.3 is 0 Å². The molecule has 0 aromatic heterocycles. The second-order valence-corrected chi connectivity index (χ2v) is 11.1. The molecule has 0 radical (unpaired) electrons.